The molecule has 0 aliphatic carbocycles. The van der Waals surface area contributed by atoms with Gasteiger partial charge in [0.1, 0.15) is 11.2 Å². The molecule has 0 bridgehead atoms. The first-order valence-electron chi connectivity index (χ1n) is 6.05. The molecule has 7 nitrogen and oxygen atoms in total. The Bertz CT molecular complexity index is 606. The molecule has 0 radical (unpaired) electrons. The Hall–Kier alpha value is -2.18. The summed E-state index contributed by atoms with van der Waals surface area (Å²) in [6.45, 7) is 5.49. The summed E-state index contributed by atoms with van der Waals surface area (Å²) in [6.07, 6.45) is 1.90. The van der Waals surface area contributed by atoms with Gasteiger partial charge in [0.15, 0.2) is 5.65 Å². The maximum absolute atomic E-state index is 10.7. The molecule has 2 heterocycles. The van der Waals surface area contributed by atoms with Crippen LogP contribution in [0.5, 0.6) is 5.88 Å². The van der Waals surface area contributed by atoms with Gasteiger partial charge in [-0.1, -0.05) is 0 Å². The van der Waals surface area contributed by atoms with Crippen LogP contribution in [-0.2, 0) is 16.0 Å². The lowest BCUT2D eigenvalue weighted by Crippen LogP contribution is -2.08. The molecule has 2 aromatic heterocycles. The number of ether oxygens (including phenoxy) is 1. The second-order valence-corrected chi connectivity index (χ2v) is 4.47. The van der Waals surface area contributed by atoms with Gasteiger partial charge in [-0.3, -0.25) is 4.79 Å². The van der Waals surface area contributed by atoms with Crippen molar-refractivity contribution >= 4 is 17.0 Å². The number of fused-ring (bicyclic) bond motifs is 1. The van der Waals surface area contributed by atoms with E-state index in [-0.39, 0.29) is 24.5 Å². The molecule has 0 saturated heterocycles. The zero-order valence-corrected chi connectivity index (χ0v) is 11.1. The Morgan fingerprint density at radius 3 is 2.84 bits per heavy atom. The van der Waals surface area contributed by atoms with Gasteiger partial charge in [-0.2, -0.15) is 10.1 Å². The summed E-state index contributed by atoms with van der Waals surface area (Å²) in [5.41, 5.74) is 0.584. The maximum Gasteiger partial charge on any atom is 0.302 e. The van der Waals surface area contributed by atoms with Gasteiger partial charge in [-0.15, -0.1) is 0 Å². The third-order valence-electron chi connectivity index (χ3n) is 2.60. The minimum Gasteiger partial charge on any atom is -0.493 e. The lowest BCUT2D eigenvalue weighted by molar-refractivity contribution is -0.140. The van der Waals surface area contributed by atoms with Gasteiger partial charge in [-0.05, 0) is 13.8 Å². The van der Waals surface area contributed by atoms with Crippen LogP contribution in [0.4, 0.5) is 0 Å². The van der Waals surface area contributed by atoms with Crippen LogP contribution in [0.15, 0.2) is 6.20 Å². The van der Waals surface area contributed by atoms with Gasteiger partial charge >= 0.3 is 5.97 Å². The van der Waals surface area contributed by atoms with E-state index in [1.165, 1.54) is 6.92 Å². The SMILES string of the molecule is CC(=O)OCCc1nc(O)c2cnn(C(C)C)c2n1. The first kappa shape index (κ1) is 13.3. The summed E-state index contributed by atoms with van der Waals surface area (Å²) in [7, 11) is 0. The minimum atomic E-state index is -0.350. The van der Waals surface area contributed by atoms with Gasteiger partial charge in [0.2, 0.25) is 5.88 Å². The molecule has 0 spiro atoms. The average molecular weight is 264 g/mol. The third-order valence-corrected chi connectivity index (χ3v) is 2.60. The fraction of sp³-hybridized carbons (Fsp3) is 0.500. The fourth-order valence-electron chi connectivity index (χ4n) is 1.73. The van der Waals surface area contributed by atoms with E-state index in [1.54, 1.807) is 10.9 Å². The van der Waals surface area contributed by atoms with Crippen molar-refractivity contribution in [3.05, 3.63) is 12.0 Å². The van der Waals surface area contributed by atoms with Crippen molar-refractivity contribution in [2.45, 2.75) is 33.2 Å². The smallest absolute Gasteiger partial charge is 0.302 e. The molecule has 0 amide bonds. The largest absolute Gasteiger partial charge is 0.493 e. The van der Waals surface area contributed by atoms with Crippen LogP contribution < -0.4 is 0 Å². The highest BCUT2D eigenvalue weighted by Gasteiger charge is 2.13. The predicted molar refractivity (Wildman–Crippen MR) is 67.7 cm³/mol. The number of nitrogens with zero attached hydrogens (tertiary/aromatic N) is 4. The summed E-state index contributed by atoms with van der Waals surface area (Å²) < 4.78 is 6.55. The highest BCUT2D eigenvalue weighted by molar-refractivity contribution is 5.79. The van der Waals surface area contributed by atoms with Crippen molar-refractivity contribution in [2.24, 2.45) is 0 Å². The van der Waals surface area contributed by atoms with Crippen molar-refractivity contribution in [3.63, 3.8) is 0 Å². The summed E-state index contributed by atoms with van der Waals surface area (Å²) in [5, 5.41) is 14.5. The summed E-state index contributed by atoms with van der Waals surface area (Å²) in [6, 6.07) is 0.133. The van der Waals surface area contributed by atoms with Gasteiger partial charge < -0.3 is 9.84 Å². The second kappa shape index (κ2) is 5.21. The van der Waals surface area contributed by atoms with Gasteiger partial charge in [0.05, 0.1) is 12.8 Å². The number of carbonyl (C=O) groups excluding carboxylic acids is 1. The third kappa shape index (κ3) is 2.81. The lowest BCUT2D eigenvalue weighted by Gasteiger charge is -2.07. The summed E-state index contributed by atoms with van der Waals surface area (Å²) in [5.74, 6) is -0.0269. The minimum absolute atomic E-state index is 0.102. The second-order valence-electron chi connectivity index (χ2n) is 4.47. The molecule has 102 valence electrons. The van der Waals surface area contributed by atoms with Gasteiger partial charge in [0.25, 0.3) is 0 Å². The zero-order valence-electron chi connectivity index (χ0n) is 11.1. The highest BCUT2D eigenvalue weighted by Crippen LogP contribution is 2.22. The average Bonchev–Trinajstić information content (AvgIpc) is 2.72. The Labute approximate surface area is 110 Å². The Morgan fingerprint density at radius 2 is 2.21 bits per heavy atom. The van der Waals surface area contributed by atoms with E-state index in [0.29, 0.717) is 23.3 Å². The number of hydrogen-bond acceptors (Lipinski definition) is 6. The van der Waals surface area contributed by atoms with Crippen LogP contribution in [0.2, 0.25) is 0 Å². The molecule has 19 heavy (non-hydrogen) atoms. The summed E-state index contributed by atoms with van der Waals surface area (Å²) in [4.78, 5) is 19.0. The summed E-state index contributed by atoms with van der Waals surface area (Å²) >= 11 is 0. The van der Waals surface area contributed by atoms with Crippen LogP contribution in [0, 0.1) is 0 Å². The molecule has 0 aromatic carbocycles. The number of hydrogen-bond donors (Lipinski definition) is 1. The molecule has 0 aliphatic rings. The van der Waals surface area contributed by atoms with Crippen LogP contribution in [0.3, 0.4) is 0 Å². The van der Waals surface area contributed by atoms with Gasteiger partial charge in [-0.25, -0.2) is 9.67 Å². The van der Waals surface area contributed by atoms with E-state index in [0.717, 1.165) is 0 Å². The Balaban J connectivity index is 2.30. The molecule has 7 heteroatoms. The van der Waals surface area contributed by atoms with Crippen LogP contribution in [0.1, 0.15) is 32.6 Å². The van der Waals surface area contributed by atoms with Crippen LogP contribution in [0.25, 0.3) is 11.0 Å². The van der Waals surface area contributed by atoms with E-state index in [1.807, 2.05) is 13.8 Å². The zero-order chi connectivity index (χ0) is 14.0. The van der Waals surface area contributed by atoms with E-state index in [4.69, 9.17) is 4.74 Å². The Morgan fingerprint density at radius 1 is 1.47 bits per heavy atom. The molecule has 2 rings (SSSR count). The molecule has 1 N–H and O–H groups in total. The molecule has 0 saturated carbocycles. The van der Waals surface area contributed by atoms with Crippen LogP contribution in [-0.4, -0.2) is 37.4 Å². The molecule has 0 aliphatic heterocycles. The van der Waals surface area contributed by atoms with Crippen LogP contribution >= 0.6 is 0 Å². The van der Waals surface area contributed by atoms with E-state index in [2.05, 4.69) is 15.1 Å². The van der Waals surface area contributed by atoms with E-state index in [9.17, 15) is 9.90 Å². The normalized spacial score (nSPS) is 11.2. The van der Waals surface area contributed by atoms with E-state index < -0.39 is 0 Å². The fourth-order valence-corrected chi connectivity index (χ4v) is 1.73. The molecule has 0 unspecified atom stereocenters. The maximum atomic E-state index is 10.7. The van der Waals surface area contributed by atoms with Gasteiger partial charge in [0, 0.05) is 19.4 Å². The standard InChI is InChI=1S/C12H16N4O3/c1-7(2)16-11-9(6-13-16)12(18)15-10(14-11)4-5-19-8(3)17/h6-7H,4-5H2,1-3H3,(H,14,15,18). The molecule has 2 aromatic rings. The molecular formula is C12H16N4O3. The number of aromatic hydroxyl groups is 1. The lowest BCUT2D eigenvalue weighted by atomic mass is 10.3. The Kier molecular flexibility index (Phi) is 3.64. The number of carbonyl (C=O) groups is 1. The number of rotatable bonds is 4. The quantitative estimate of drug-likeness (QED) is 0.835. The first-order chi connectivity index (χ1) is 8.99. The number of esters is 1. The first-order valence-corrected chi connectivity index (χ1v) is 6.05. The highest BCUT2D eigenvalue weighted by atomic mass is 16.5. The monoisotopic (exact) mass is 264 g/mol. The molecule has 0 fully saturated rings. The molecular weight excluding hydrogens is 248 g/mol. The van der Waals surface area contributed by atoms with Crippen molar-refractivity contribution in [1.82, 2.24) is 19.7 Å². The predicted octanol–water partition coefficient (Wildman–Crippen LogP) is 1.22. The van der Waals surface area contributed by atoms with Crippen molar-refractivity contribution in [1.29, 1.82) is 0 Å². The van der Waals surface area contributed by atoms with Crippen molar-refractivity contribution < 1.29 is 14.6 Å². The van der Waals surface area contributed by atoms with E-state index >= 15 is 0 Å². The van der Waals surface area contributed by atoms with Crippen molar-refractivity contribution in [3.8, 4) is 5.88 Å². The van der Waals surface area contributed by atoms with Crippen molar-refractivity contribution in [2.75, 3.05) is 6.61 Å². The topological polar surface area (TPSA) is 90.1 Å². The molecule has 0 atom stereocenters. The number of aromatic nitrogens is 4.